The van der Waals surface area contributed by atoms with Crippen molar-refractivity contribution in [3.63, 3.8) is 0 Å². The predicted octanol–water partition coefficient (Wildman–Crippen LogP) is 6.35. The molecule has 3 aromatic rings. The molecular weight excluding hydrogens is 549 g/mol. The van der Waals surface area contributed by atoms with Gasteiger partial charge in [-0.25, -0.2) is 12.7 Å². The first-order valence-electron chi connectivity index (χ1n) is 12.8. The van der Waals surface area contributed by atoms with E-state index in [1.54, 1.807) is 43.4 Å². The summed E-state index contributed by atoms with van der Waals surface area (Å²) in [5.41, 5.74) is 0.906. The maximum Gasteiger partial charge on any atom is 0.416 e. The summed E-state index contributed by atoms with van der Waals surface area (Å²) >= 11 is 6.27. The first kappa shape index (κ1) is 29.6. The molecule has 4 rings (SSSR count). The van der Waals surface area contributed by atoms with Crippen LogP contribution in [0.2, 0.25) is 5.02 Å². The Balaban J connectivity index is 1.55. The summed E-state index contributed by atoms with van der Waals surface area (Å²) in [5, 5.41) is 10.9. The van der Waals surface area contributed by atoms with Gasteiger partial charge in [0.1, 0.15) is 0 Å². The van der Waals surface area contributed by atoms with Gasteiger partial charge >= 0.3 is 6.18 Å². The number of likely N-dealkylation sites (N-methyl/N-ethyl adjacent to an activating group) is 1. The molecule has 1 aliphatic rings. The Labute approximate surface area is 232 Å². The van der Waals surface area contributed by atoms with Crippen LogP contribution in [0, 0.1) is 0 Å². The molecule has 210 valence electrons. The quantitative estimate of drug-likeness (QED) is 0.320. The lowest BCUT2D eigenvalue weighted by atomic mass is 9.90. The van der Waals surface area contributed by atoms with Crippen LogP contribution in [-0.2, 0) is 16.2 Å². The van der Waals surface area contributed by atoms with Crippen LogP contribution in [0.5, 0.6) is 0 Å². The molecular formula is C29H32ClF3N2O3S. The van der Waals surface area contributed by atoms with E-state index >= 15 is 0 Å². The number of nitrogens with zero attached hydrogens (tertiary/aromatic N) is 2. The topological polar surface area (TPSA) is 60.9 Å². The second-order valence-electron chi connectivity index (χ2n) is 9.99. The van der Waals surface area contributed by atoms with Crippen molar-refractivity contribution in [1.29, 1.82) is 0 Å². The number of benzene rings is 3. The van der Waals surface area contributed by atoms with Crippen LogP contribution in [0.3, 0.4) is 0 Å². The lowest BCUT2D eigenvalue weighted by molar-refractivity contribution is -0.137. The molecule has 1 aliphatic heterocycles. The lowest BCUT2D eigenvalue weighted by Gasteiger charge is -2.39. The molecule has 0 aromatic heterocycles. The van der Waals surface area contributed by atoms with Crippen LogP contribution in [-0.4, -0.2) is 55.5 Å². The van der Waals surface area contributed by atoms with Crippen LogP contribution in [0.1, 0.15) is 47.9 Å². The number of sulfonamides is 1. The maximum atomic E-state index is 13.2. The molecule has 5 nitrogen and oxygen atoms in total. The largest absolute Gasteiger partial charge is 0.416 e. The number of hydrogen-bond acceptors (Lipinski definition) is 4. The molecule has 1 fully saturated rings. The predicted molar refractivity (Wildman–Crippen MR) is 146 cm³/mol. The fourth-order valence-electron chi connectivity index (χ4n) is 5.13. The van der Waals surface area contributed by atoms with E-state index in [9.17, 15) is 26.7 Å². The van der Waals surface area contributed by atoms with Gasteiger partial charge in [-0.1, -0.05) is 54.1 Å². The minimum Gasteiger partial charge on any atom is -0.393 e. The highest BCUT2D eigenvalue weighted by molar-refractivity contribution is 7.89. The molecule has 39 heavy (non-hydrogen) atoms. The van der Waals surface area contributed by atoms with Crippen molar-refractivity contribution >= 4 is 21.6 Å². The number of rotatable bonds is 9. The molecule has 0 saturated carbocycles. The molecule has 10 heteroatoms. The minimum atomic E-state index is -4.42. The van der Waals surface area contributed by atoms with Gasteiger partial charge in [-0.3, -0.25) is 4.90 Å². The van der Waals surface area contributed by atoms with E-state index in [4.69, 9.17) is 11.6 Å². The molecule has 1 N–H and O–H groups in total. The van der Waals surface area contributed by atoms with Crippen LogP contribution < -0.4 is 0 Å². The standard InChI is InChI=1S/C29H32ClF3N2O3S/c1-34(39(37,38)27-8-3-2-4-9-27)20-23(22-6-5-7-25(30)18-22)14-16-35-17-15-26(36)19-28(35)21-10-12-24(13-11-21)29(31,32)33/h2-13,18,23,26,28,36H,14-17,19-20H2,1H3. The average Bonchev–Trinajstić information content (AvgIpc) is 2.91. The van der Waals surface area contributed by atoms with Gasteiger partial charge in [0.15, 0.2) is 0 Å². The molecule has 0 aliphatic carbocycles. The molecule has 3 unspecified atom stereocenters. The molecule has 0 amide bonds. The summed E-state index contributed by atoms with van der Waals surface area (Å²) in [6.45, 7) is 1.36. The number of hydrogen-bond donors (Lipinski definition) is 1. The third-order valence-electron chi connectivity index (χ3n) is 7.32. The van der Waals surface area contributed by atoms with Crippen molar-refractivity contribution in [3.8, 4) is 0 Å². The van der Waals surface area contributed by atoms with Crippen molar-refractivity contribution in [2.45, 2.75) is 48.4 Å². The molecule has 3 aromatic carbocycles. The molecule has 0 spiro atoms. The van der Waals surface area contributed by atoms with Gasteiger partial charge < -0.3 is 5.11 Å². The van der Waals surface area contributed by atoms with Gasteiger partial charge in [0.25, 0.3) is 0 Å². The summed E-state index contributed by atoms with van der Waals surface area (Å²) in [5.74, 6) is -0.188. The molecule has 1 heterocycles. The highest BCUT2D eigenvalue weighted by Crippen LogP contribution is 2.35. The van der Waals surface area contributed by atoms with Gasteiger partial charge in [0.2, 0.25) is 10.0 Å². The first-order chi connectivity index (χ1) is 18.4. The normalized spacial score (nSPS) is 19.8. The maximum absolute atomic E-state index is 13.2. The van der Waals surface area contributed by atoms with Crippen LogP contribution >= 0.6 is 11.6 Å². The van der Waals surface area contributed by atoms with Crippen molar-refractivity contribution in [1.82, 2.24) is 9.21 Å². The Bertz CT molecular complexity index is 1340. The number of piperidine rings is 1. The monoisotopic (exact) mass is 580 g/mol. The number of likely N-dealkylation sites (tertiary alicyclic amines) is 1. The fraction of sp³-hybridized carbons (Fsp3) is 0.379. The number of alkyl halides is 3. The third kappa shape index (κ3) is 7.41. The molecule has 0 bridgehead atoms. The van der Waals surface area contributed by atoms with E-state index in [1.165, 1.54) is 16.4 Å². The molecule has 1 saturated heterocycles. The highest BCUT2D eigenvalue weighted by Gasteiger charge is 2.33. The summed E-state index contributed by atoms with van der Waals surface area (Å²) in [6.07, 6.45) is -3.40. The lowest BCUT2D eigenvalue weighted by Crippen LogP contribution is -2.40. The van der Waals surface area contributed by atoms with Gasteiger partial charge in [-0.2, -0.15) is 13.2 Å². The summed E-state index contributed by atoms with van der Waals surface area (Å²) in [7, 11) is -2.15. The second-order valence-corrected chi connectivity index (χ2v) is 12.5. The van der Waals surface area contributed by atoms with E-state index in [-0.39, 0.29) is 23.4 Å². The van der Waals surface area contributed by atoms with E-state index in [0.717, 1.165) is 17.7 Å². The van der Waals surface area contributed by atoms with Gasteiger partial charge in [-0.15, -0.1) is 0 Å². The zero-order valence-corrected chi connectivity index (χ0v) is 23.1. The minimum absolute atomic E-state index is 0.188. The van der Waals surface area contributed by atoms with E-state index in [0.29, 0.717) is 42.9 Å². The number of aliphatic hydroxyl groups is 1. The SMILES string of the molecule is CN(CC(CCN1CCC(O)CC1c1ccc(C(F)(F)F)cc1)c1cccc(Cl)c1)S(=O)(=O)c1ccccc1. The van der Waals surface area contributed by atoms with Crippen molar-refractivity contribution in [3.05, 3.63) is 101 Å². The van der Waals surface area contributed by atoms with Gasteiger partial charge in [0.05, 0.1) is 16.6 Å². The Morgan fingerprint density at radius 3 is 2.38 bits per heavy atom. The first-order valence-corrected chi connectivity index (χ1v) is 14.6. The van der Waals surface area contributed by atoms with Crippen LogP contribution in [0.4, 0.5) is 13.2 Å². The third-order valence-corrected chi connectivity index (χ3v) is 9.39. The highest BCUT2D eigenvalue weighted by atomic mass is 35.5. The zero-order chi connectivity index (χ0) is 28.2. The number of halogens is 4. The summed E-state index contributed by atoms with van der Waals surface area (Å²) in [4.78, 5) is 2.38. The Morgan fingerprint density at radius 2 is 1.74 bits per heavy atom. The summed E-state index contributed by atoms with van der Waals surface area (Å²) in [6, 6.07) is 20.5. The second kappa shape index (κ2) is 12.4. The zero-order valence-electron chi connectivity index (χ0n) is 21.6. The summed E-state index contributed by atoms with van der Waals surface area (Å²) < 4.78 is 67.1. The van der Waals surface area contributed by atoms with Gasteiger partial charge in [-0.05, 0) is 79.3 Å². The fourth-order valence-corrected chi connectivity index (χ4v) is 6.57. The van der Waals surface area contributed by atoms with Crippen molar-refractivity contribution < 1.29 is 26.7 Å². The van der Waals surface area contributed by atoms with E-state index in [2.05, 4.69) is 4.90 Å². The average molecular weight is 581 g/mol. The Kier molecular flexibility index (Phi) is 9.39. The van der Waals surface area contributed by atoms with E-state index < -0.39 is 27.9 Å². The van der Waals surface area contributed by atoms with E-state index in [1.807, 2.05) is 18.2 Å². The van der Waals surface area contributed by atoms with Crippen molar-refractivity contribution in [2.75, 3.05) is 26.7 Å². The number of aliphatic hydroxyl groups excluding tert-OH is 1. The molecule has 3 atom stereocenters. The Hall–Kier alpha value is -2.43. The van der Waals surface area contributed by atoms with Crippen LogP contribution in [0.15, 0.2) is 83.8 Å². The molecule has 0 radical (unpaired) electrons. The van der Waals surface area contributed by atoms with Gasteiger partial charge in [0, 0.05) is 31.2 Å². The Morgan fingerprint density at radius 1 is 1.05 bits per heavy atom. The van der Waals surface area contributed by atoms with Crippen molar-refractivity contribution in [2.24, 2.45) is 0 Å². The van der Waals surface area contributed by atoms with Crippen LogP contribution in [0.25, 0.3) is 0 Å². The smallest absolute Gasteiger partial charge is 0.393 e.